The van der Waals surface area contributed by atoms with Crippen molar-refractivity contribution in [2.75, 3.05) is 31.1 Å². The van der Waals surface area contributed by atoms with Gasteiger partial charge in [0.1, 0.15) is 17.6 Å². The summed E-state index contributed by atoms with van der Waals surface area (Å²) in [5.74, 6) is 0.492. The predicted molar refractivity (Wildman–Crippen MR) is 165 cm³/mol. The number of anilines is 1. The molecule has 1 amide bonds. The molecule has 2 aliphatic heterocycles. The molecule has 7 rings (SSSR count). The Morgan fingerprint density at radius 1 is 0.977 bits per heavy atom. The fraction of sp³-hybridized carbons (Fsp3) is 0.235. The van der Waals surface area contributed by atoms with Gasteiger partial charge in [0.2, 0.25) is 5.82 Å². The molecular formula is C34H30N8O. The Kier molecular flexibility index (Phi) is 6.56. The van der Waals surface area contributed by atoms with Crippen LogP contribution in [0.15, 0.2) is 79.0 Å². The van der Waals surface area contributed by atoms with Gasteiger partial charge in [-0.2, -0.15) is 5.26 Å². The summed E-state index contributed by atoms with van der Waals surface area (Å²) in [6.45, 7) is 6.75. The van der Waals surface area contributed by atoms with Crippen LogP contribution in [0.2, 0.25) is 0 Å². The smallest absolute Gasteiger partial charge is 0.267 e. The van der Waals surface area contributed by atoms with Crippen molar-refractivity contribution in [1.29, 1.82) is 5.26 Å². The molecule has 0 atom stereocenters. The third-order valence-electron chi connectivity index (χ3n) is 8.60. The third kappa shape index (κ3) is 5.07. The summed E-state index contributed by atoms with van der Waals surface area (Å²) in [7, 11) is 0. The maximum absolute atomic E-state index is 11.9. The number of aryl methyl sites for hydroxylation is 1. The predicted octanol–water partition coefficient (Wildman–Crippen LogP) is 4.75. The minimum atomic E-state index is -0.565. The topological polar surface area (TPSA) is 125 Å². The Bertz CT molecular complexity index is 1890. The maximum Gasteiger partial charge on any atom is 0.267 e. The van der Waals surface area contributed by atoms with Gasteiger partial charge in [-0.3, -0.25) is 9.69 Å². The van der Waals surface area contributed by atoms with E-state index in [1.807, 2.05) is 37.3 Å². The van der Waals surface area contributed by atoms with Gasteiger partial charge in [-0.15, -0.1) is 0 Å². The van der Waals surface area contributed by atoms with E-state index in [1.54, 1.807) is 12.3 Å². The standard InChI is InChI=1S/C34H30N8O/c1-22-26-15-27(24-5-3-2-4-6-24)32(39-28(26)16-29(38-22)33(36)43)25-9-7-23(8-10-25)18-41-19-34(20-41)12-14-42(21-34)31-11-13-37-30(17-35)40-31/h2-11,13,15-16H,12,14,18-21H2,1H3,(H2,36,43). The number of nitriles is 1. The van der Waals surface area contributed by atoms with Crippen molar-refractivity contribution in [3.63, 3.8) is 0 Å². The average Bonchev–Trinajstić information content (AvgIpc) is 3.47. The number of carbonyl (C=O) groups is 1. The van der Waals surface area contributed by atoms with Crippen molar-refractivity contribution in [2.45, 2.75) is 19.9 Å². The maximum atomic E-state index is 11.9. The molecule has 9 nitrogen and oxygen atoms in total. The number of benzene rings is 2. The van der Waals surface area contributed by atoms with Gasteiger partial charge in [-0.25, -0.2) is 19.9 Å². The molecule has 2 saturated heterocycles. The van der Waals surface area contributed by atoms with Gasteiger partial charge in [0.15, 0.2) is 0 Å². The van der Waals surface area contributed by atoms with Crippen molar-refractivity contribution >= 4 is 22.6 Å². The molecule has 0 radical (unpaired) electrons. The zero-order valence-corrected chi connectivity index (χ0v) is 23.9. The van der Waals surface area contributed by atoms with Crippen molar-refractivity contribution in [3.8, 4) is 28.5 Å². The quantitative estimate of drug-likeness (QED) is 0.312. The monoisotopic (exact) mass is 566 g/mol. The number of rotatable bonds is 6. The minimum absolute atomic E-state index is 0.216. The van der Waals surface area contributed by atoms with Crippen LogP contribution >= 0.6 is 0 Å². The second kappa shape index (κ2) is 10.6. The summed E-state index contributed by atoms with van der Waals surface area (Å²) in [4.78, 5) is 34.5. The highest BCUT2D eigenvalue weighted by atomic mass is 16.1. The summed E-state index contributed by atoms with van der Waals surface area (Å²) < 4.78 is 0. The molecule has 0 unspecified atom stereocenters. The number of nitrogens with zero attached hydrogens (tertiary/aromatic N) is 7. The molecule has 212 valence electrons. The number of fused-ring (bicyclic) bond motifs is 1. The van der Waals surface area contributed by atoms with E-state index >= 15 is 0 Å². The van der Waals surface area contributed by atoms with Crippen molar-refractivity contribution in [2.24, 2.45) is 11.1 Å². The second-order valence-corrected chi connectivity index (χ2v) is 11.6. The van der Waals surface area contributed by atoms with E-state index in [0.29, 0.717) is 5.52 Å². The van der Waals surface area contributed by atoms with E-state index in [9.17, 15) is 4.79 Å². The van der Waals surface area contributed by atoms with Gasteiger partial charge in [-0.05, 0) is 42.7 Å². The van der Waals surface area contributed by atoms with Crippen molar-refractivity contribution in [3.05, 3.63) is 102 Å². The Balaban J connectivity index is 1.10. The van der Waals surface area contributed by atoms with Gasteiger partial charge >= 0.3 is 0 Å². The summed E-state index contributed by atoms with van der Waals surface area (Å²) in [6, 6.07) is 26.5. The molecule has 43 heavy (non-hydrogen) atoms. The van der Waals surface area contributed by atoms with Crippen molar-refractivity contribution < 1.29 is 4.79 Å². The zero-order chi connectivity index (χ0) is 29.6. The van der Waals surface area contributed by atoms with Gasteiger partial charge in [0.05, 0.1) is 11.2 Å². The molecule has 2 aromatic carbocycles. The van der Waals surface area contributed by atoms with Gasteiger partial charge in [0.25, 0.3) is 5.91 Å². The van der Waals surface area contributed by atoms with Gasteiger partial charge in [0, 0.05) is 66.5 Å². The van der Waals surface area contributed by atoms with Gasteiger partial charge < -0.3 is 10.6 Å². The lowest BCUT2D eigenvalue weighted by Crippen LogP contribution is -2.56. The minimum Gasteiger partial charge on any atom is -0.364 e. The van der Waals surface area contributed by atoms with E-state index in [-0.39, 0.29) is 16.9 Å². The van der Waals surface area contributed by atoms with E-state index < -0.39 is 5.91 Å². The van der Waals surface area contributed by atoms with E-state index in [2.05, 4.69) is 67.2 Å². The van der Waals surface area contributed by atoms with E-state index in [1.165, 1.54) is 5.56 Å². The number of amides is 1. The molecule has 3 aromatic heterocycles. The van der Waals surface area contributed by atoms with Crippen LogP contribution in [0.3, 0.4) is 0 Å². The molecule has 0 aliphatic carbocycles. The van der Waals surface area contributed by atoms with Crippen LogP contribution in [0.4, 0.5) is 5.82 Å². The normalized spacial score (nSPS) is 15.9. The molecule has 2 fully saturated rings. The van der Waals surface area contributed by atoms with Crippen LogP contribution in [0.1, 0.15) is 34.0 Å². The number of hydrogen-bond donors (Lipinski definition) is 1. The zero-order valence-electron chi connectivity index (χ0n) is 23.9. The van der Waals surface area contributed by atoms with Crippen LogP contribution in [0, 0.1) is 23.7 Å². The number of hydrogen-bond acceptors (Lipinski definition) is 8. The highest BCUT2D eigenvalue weighted by Crippen LogP contribution is 2.41. The first-order valence-electron chi connectivity index (χ1n) is 14.4. The molecule has 5 heterocycles. The SMILES string of the molecule is Cc1nc(C(N)=O)cc2nc(-c3ccc(CN4CC5(CCN(c6ccnc(C#N)n6)C5)C4)cc3)c(-c3ccccc3)cc12. The number of likely N-dealkylation sites (tertiary alicyclic amines) is 1. The van der Waals surface area contributed by atoms with Crippen LogP contribution in [0.25, 0.3) is 33.3 Å². The molecule has 0 bridgehead atoms. The van der Waals surface area contributed by atoms with Gasteiger partial charge in [-0.1, -0.05) is 54.6 Å². The van der Waals surface area contributed by atoms with Crippen LogP contribution in [-0.2, 0) is 6.54 Å². The molecule has 2 aliphatic rings. The molecule has 5 aromatic rings. The molecule has 1 spiro atoms. The Morgan fingerprint density at radius 2 is 1.77 bits per heavy atom. The number of carbonyl (C=O) groups excluding carboxylic acids is 1. The highest BCUT2D eigenvalue weighted by molar-refractivity contribution is 5.98. The fourth-order valence-corrected chi connectivity index (χ4v) is 6.52. The largest absolute Gasteiger partial charge is 0.364 e. The highest BCUT2D eigenvalue weighted by Gasteiger charge is 2.47. The lowest BCUT2D eigenvalue weighted by atomic mass is 9.79. The Labute approximate surface area is 249 Å². The van der Waals surface area contributed by atoms with Crippen LogP contribution < -0.4 is 10.6 Å². The Hall–Kier alpha value is -5.20. The molecule has 0 saturated carbocycles. The first-order valence-corrected chi connectivity index (χ1v) is 14.4. The third-order valence-corrected chi connectivity index (χ3v) is 8.60. The summed E-state index contributed by atoms with van der Waals surface area (Å²) in [5, 5.41) is 10.0. The summed E-state index contributed by atoms with van der Waals surface area (Å²) >= 11 is 0. The Morgan fingerprint density at radius 3 is 2.51 bits per heavy atom. The lowest BCUT2D eigenvalue weighted by Gasteiger charge is -2.48. The van der Waals surface area contributed by atoms with Crippen LogP contribution in [0.5, 0.6) is 0 Å². The number of primary amides is 1. The van der Waals surface area contributed by atoms with Crippen LogP contribution in [-0.4, -0.2) is 56.9 Å². The molecule has 2 N–H and O–H groups in total. The average molecular weight is 567 g/mol. The summed E-state index contributed by atoms with van der Waals surface area (Å²) in [5.41, 5.74) is 12.6. The number of nitrogens with two attached hydrogens (primary N) is 1. The molecule has 9 heteroatoms. The summed E-state index contributed by atoms with van der Waals surface area (Å²) in [6.07, 6.45) is 2.78. The van der Waals surface area contributed by atoms with E-state index in [4.69, 9.17) is 16.0 Å². The number of aromatic nitrogens is 4. The fourth-order valence-electron chi connectivity index (χ4n) is 6.52. The first kappa shape index (κ1) is 26.7. The van der Waals surface area contributed by atoms with E-state index in [0.717, 1.165) is 78.4 Å². The first-order chi connectivity index (χ1) is 20.9. The second-order valence-electron chi connectivity index (χ2n) is 11.6. The van der Waals surface area contributed by atoms with Crippen molar-refractivity contribution in [1.82, 2.24) is 24.8 Å². The molecular weight excluding hydrogens is 536 g/mol. The lowest BCUT2D eigenvalue weighted by molar-refractivity contribution is 0.0117. The number of pyridine rings is 2.